The van der Waals surface area contributed by atoms with E-state index in [0.717, 1.165) is 24.9 Å². The minimum Gasteiger partial charge on any atom is -0.461 e. The lowest BCUT2D eigenvalue weighted by atomic mass is 9.94. The monoisotopic (exact) mass is 641 g/mol. The average molecular weight is 642 g/mol. The number of ether oxygens (including phenoxy) is 2. The molecule has 3 saturated heterocycles. The van der Waals surface area contributed by atoms with Crippen LogP contribution < -0.4 is 9.64 Å². The molecule has 5 aliphatic heterocycles. The second-order valence-corrected chi connectivity index (χ2v) is 13.5. The van der Waals surface area contributed by atoms with Gasteiger partial charge in [0.25, 0.3) is 0 Å². The molecule has 3 aromatic heterocycles. The average Bonchev–Trinajstić information content (AvgIpc) is 3.72. The smallest absolute Gasteiger partial charge is 0.319 e. The van der Waals surface area contributed by atoms with Gasteiger partial charge in [0.1, 0.15) is 29.8 Å². The lowest BCUT2D eigenvalue weighted by Crippen LogP contribution is -2.48. The molecule has 9 nitrogen and oxygen atoms in total. The molecule has 8 heterocycles. The zero-order valence-electron chi connectivity index (χ0n) is 24.9. The van der Waals surface area contributed by atoms with E-state index in [9.17, 15) is 4.39 Å². The van der Waals surface area contributed by atoms with E-state index in [1.807, 2.05) is 4.90 Å². The SMILES string of the molecule is Fc1c2ncc3c(nc(OC[C@@]45CCCN4C[C@H](F)C5)nc13)N1CCC[C@@](F)(COCCCCc3c(Cl)cc4[nH]ncc4c3-2)C1. The van der Waals surface area contributed by atoms with Crippen molar-refractivity contribution >= 4 is 39.2 Å². The molecule has 6 bridgehead atoms. The molecule has 45 heavy (non-hydrogen) atoms. The number of fused-ring (bicyclic) bond motifs is 8. The third-order valence-corrected chi connectivity index (χ3v) is 10.4. The summed E-state index contributed by atoms with van der Waals surface area (Å²) in [6.45, 7) is 2.31. The van der Waals surface area contributed by atoms with E-state index in [1.165, 1.54) is 0 Å². The summed E-state index contributed by atoms with van der Waals surface area (Å²) in [6, 6.07) is 1.77. The largest absolute Gasteiger partial charge is 0.461 e. The second-order valence-electron chi connectivity index (χ2n) is 13.1. The van der Waals surface area contributed by atoms with Crippen LogP contribution in [0, 0.1) is 5.82 Å². The molecule has 1 N–H and O–H groups in total. The summed E-state index contributed by atoms with van der Waals surface area (Å²) in [6.07, 6.45) is 7.33. The summed E-state index contributed by atoms with van der Waals surface area (Å²) < 4.78 is 59.7. The predicted octanol–water partition coefficient (Wildman–Crippen LogP) is 5.98. The van der Waals surface area contributed by atoms with Crippen molar-refractivity contribution in [2.75, 3.05) is 50.9 Å². The van der Waals surface area contributed by atoms with Crippen LogP contribution in [0.15, 0.2) is 18.5 Å². The zero-order chi connectivity index (χ0) is 30.8. The van der Waals surface area contributed by atoms with Crippen molar-refractivity contribution in [1.82, 2.24) is 30.0 Å². The zero-order valence-corrected chi connectivity index (χ0v) is 25.7. The first-order chi connectivity index (χ1) is 21.8. The van der Waals surface area contributed by atoms with E-state index in [1.54, 1.807) is 18.5 Å². The number of alkyl halides is 2. The first-order valence-electron chi connectivity index (χ1n) is 15.9. The molecule has 0 unspecified atom stereocenters. The van der Waals surface area contributed by atoms with Crippen LogP contribution in [-0.2, 0) is 11.2 Å². The molecule has 0 aliphatic carbocycles. The van der Waals surface area contributed by atoms with E-state index in [2.05, 4.69) is 25.1 Å². The molecule has 3 fully saturated rings. The number of hydrogen-bond acceptors (Lipinski definition) is 8. The molecule has 1 aromatic carbocycles. The van der Waals surface area contributed by atoms with Gasteiger partial charge in [0.15, 0.2) is 11.5 Å². The lowest BCUT2D eigenvalue weighted by Gasteiger charge is -2.38. The molecule has 238 valence electrons. The molecule has 9 rings (SSSR count). The minimum atomic E-state index is -1.59. The number of nitrogens with one attached hydrogen (secondary N) is 1. The maximum absolute atomic E-state index is 16.9. The van der Waals surface area contributed by atoms with E-state index < -0.39 is 23.2 Å². The molecule has 0 spiro atoms. The van der Waals surface area contributed by atoms with Crippen LogP contribution in [0.1, 0.15) is 50.5 Å². The number of halogens is 4. The quantitative estimate of drug-likeness (QED) is 0.292. The van der Waals surface area contributed by atoms with Gasteiger partial charge < -0.3 is 14.4 Å². The number of aromatic nitrogens is 5. The number of piperidine rings is 1. The van der Waals surface area contributed by atoms with Crippen molar-refractivity contribution in [2.45, 2.75) is 68.7 Å². The third kappa shape index (κ3) is 5.09. The highest BCUT2D eigenvalue weighted by atomic mass is 35.5. The van der Waals surface area contributed by atoms with Crippen molar-refractivity contribution < 1.29 is 22.6 Å². The van der Waals surface area contributed by atoms with Gasteiger partial charge in [-0.05, 0) is 63.1 Å². The Labute approximate surface area is 263 Å². The highest BCUT2D eigenvalue weighted by Crippen LogP contribution is 2.43. The normalized spacial score (nSPS) is 27.5. The number of pyridine rings is 1. The third-order valence-electron chi connectivity index (χ3n) is 10.1. The van der Waals surface area contributed by atoms with E-state index in [4.69, 9.17) is 26.1 Å². The minimum absolute atomic E-state index is 0.0238. The van der Waals surface area contributed by atoms with Gasteiger partial charge in [-0.15, -0.1) is 0 Å². The highest BCUT2D eigenvalue weighted by Gasteiger charge is 2.49. The topological polar surface area (TPSA) is 92.3 Å². The van der Waals surface area contributed by atoms with Gasteiger partial charge in [-0.3, -0.25) is 15.0 Å². The van der Waals surface area contributed by atoms with Gasteiger partial charge in [-0.2, -0.15) is 15.1 Å². The number of rotatable bonds is 3. The molecule has 0 amide bonds. The van der Waals surface area contributed by atoms with Gasteiger partial charge in [0.2, 0.25) is 0 Å². The Morgan fingerprint density at radius 1 is 1.11 bits per heavy atom. The van der Waals surface area contributed by atoms with Crippen molar-refractivity contribution in [3.8, 4) is 17.3 Å². The van der Waals surface area contributed by atoms with Crippen LogP contribution in [0.5, 0.6) is 6.01 Å². The van der Waals surface area contributed by atoms with Crippen molar-refractivity contribution in [3.63, 3.8) is 0 Å². The number of nitrogens with zero attached hydrogens (tertiary/aromatic N) is 6. The summed E-state index contributed by atoms with van der Waals surface area (Å²) in [4.78, 5) is 17.9. The van der Waals surface area contributed by atoms with Gasteiger partial charge >= 0.3 is 6.01 Å². The number of anilines is 1. The summed E-state index contributed by atoms with van der Waals surface area (Å²) in [5, 5.41) is 8.67. The van der Waals surface area contributed by atoms with Crippen LogP contribution in [0.25, 0.3) is 33.1 Å². The molecular formula is C32H35ClF3N7O2. The highest BCUT2D eigenvalue weighted by molar-refractivity contribution is 6.33. The van der Waals surface area contributed by atoms with E-state index in [-0.39, 0.29) is 37.0 Å². The predicted molar refractivity (Wildman–Crippen MR) is 165 cm³/mol. The van der Waals surface area contributed by atoms with Crippen LogP contribution in [0.4, 0.5) is 19.0 Å². The van der Waals surface area contributed by atoms with Crippen molar-refractivity contribution in [3.05, 3.63) is 34.9 Å². The van der Waals surface area contributed by atoms with Gasteiger partial charge in [0.05, 0.1) is 35.8 Å². The summed E-state index contributed by atoms with van der Waals surface area (Å²) in [5.74, 6) is -0.284. The maximum atomic E-state index is 16.9. The summed E-state index contributed by atoms with van der Waals surface area (Å²) >= 11 is 6.79. The molecule has 4 aromatic rings. The Kier molecular flexibility index (Phi) is 7.29. The van der Waals surface area contributed by atoms with E-state index in [0.29, 0.717) is 90.9 Å². The molecule has 0 radical (unpaired) electrons. The number of H-pyrrole nitrogens is 1. The Hall–Kier alpha value is -3.22. The van der Waals surface area contributed by atoms with Crippen LogP contribution >= 0.6 is 11.6 Å². The summed E-state index contributed by atoms with van der Waals surface area (Å²) in [7, 11) is 0. The Bertz CT molecular complexity index is 1770. The molecule has 0 saturated carbocycles. The first-order valence-corrected chi connectivity index (χ1v) is 16.2. The fourth-order valence-electron chi connectivity index (χ4n) is 7.91. The fraction of sp³-hybridized carbons (Fsp3) is 0.562. The standard InChI is InChI=1S/C32H35ClF3N7O2/c33-23-11-24-21(14-38-41-24)25-20(23)5-1-2-10-44-17-31(36)6-3-8-42(16-31)29-22-13-37-28(25)26(35)27(22)39-30(40-29)45-18-32-7-4-9-43(32)15-19(34)12-32/h11,13-14,19H,1-10,12,15-18H2,(H,38,41)/t19-,31+,32+/m1/s1. The van der Waals surface area contributed by atoms with Crippen molar-refractivity contribution in [2.24, 2.45) is 0 Å². The number of aromatic amines is 1. The maximum Gasteiger partial charge on any atom is 0.319 e. The van der Waals surface area contributed by atoms with Crippen LogP contribution in [0.3, 0.4) is 0 Å². The first kappa shape index (κ1) is 29.2. The Morgan fingerprint density at radius 3 is 2.91 bits per heavy atom. The molecule has 13 heteroatoms. The van der Waals surface area contributed by atoms with Crippen molar-refractivity contribution in [1.29, 1.82) is 0 Å². The van der Waals surface area contributed by atoms with Gasteiger partial charge in [0, 0.05) is 48.3 Å². The Balaban J connectivity index is 1.29. The fourth-order valence-corrected chi connectivity index (χ4v) is 8.21. The lowest BCUT2D eigenvalue weighted by molar-refractivity contribution is 0.00506. The van der Waals surface area contributed by atoms with Gasteiger partial charge in [-0.25, -0.2) is 13.2 Å². The van der Waals surface area contributed by atoms with Gasteiger partial charge in [-0.1, -0.05) is 11.6 Å². The molecule has 5 aliphatic rings. The van der Waals surface area contributed by atoms with E-state index >= 15 is 8.78 Å². The second kappa shape index (κ2) is 11.2. The molecular weight excluding hydrogens is 607 g/mol. The Morgan fingerprint density at radius 2 is 2.00 bits per heavy atom. The molecule has 3 atom stereocenters. The summed E-state index contributed by atoms with van der Waals surface area (Å²) in [5.41, 5.74) is 0.0674. The number of hydrogen-bond donors (Lipinski definition) is 1. The number of benzene rings is 1. The van der Waals surface area contributed by atoms with Crippen LogP contribution in [-0.4, -0.2) is 93.4 Å². The van der Waals surface area contributed by atoms with Crippen LogP contribution in [0.2, 0.25) is 5.02 Å².